The third kappa shape index (κ3) is 3.51. The first-order valence-electron chi connectivity index (χ1n) is 5.88. The van der Waals surface area contributed by atoms with Gasteiger partial charge in [0.25, 0.3) is 5.91 Å². The quantitative estimate of drug-likeness (QED) is 0.921. The Morgan fingerprint density at radius 3 is 2.63 bits per heavy atom. The van der Waals surface area contributed by atoms with Crippen molar-refractivity contribution in [3.63, 3.8) is 0 Å². The molecule has 0 aliphatic rings. The minimum atomic E-state index is -0.369. The van der Waals surface area contributed by atoms with Crippen molar-refractivity contribution in [1.82, 2.24) is 0 Å². The molecule has 0 aliphatic heterocycles. The van der Waals surface area contributed by atoms with Crippen LogP contribution in [-0.4, -0.2) is 12.0 Å². The number of carbonyl (C=O) groups excluding carboxylic acids is 1. The Labute approximate surface area is 116 Å². The van der Waals surface area contributed by atoms with Crippen molar-refractivity contribution in [2.75, 3.05) is 5.32 Å². The van der Waals surface area contributed by atoms with Gasteiger partial charge in [-0.15, -0.1) is 0 Å². The number of halogens is 1. The van der Waals surface area contributed by atoms with E-state index < -0.39 is 0 Å². The summed E-state index contributed by atoms with van der Waals surface area (Å²) in [4.78, 5) is 11.9. The second-order valence-corrected chi connectivity index (χ2v) is 4.59. The van der Waals surface area contributed by atoms with E-state index in [2.05, 4.69) is 5.32 Å². The van der Waals surface area contributed by atoms with Crippen LogP contribution in [0.1, 0.15) is 24.4 Å². The Morgan fingerprint density at radius 1 is 1.26 bits per heavy atom. The molecule has 0 fully saturated rings. The van der Waals surface area contributed by atoms with Gasteiger partial charge in [-0.1, -0.05) is 12.1 Å². The van der Waals surface area contributed by atoms with E-state index in [-0.39, 0.29) is 23.0 Å². The molecule has 5 heteroatoms. The second kappa shape index (κ2) is 5.80. The molecular formula is C14H14ClNO3. The molecule has 19 heavy (non-hydrogen) atoms. The minimum absolute atomic E-state index is 0.0242. The Kier molecular flexibility index (Phi) is 4.12. The first kappa shape index (κ1) is 13.5. The number of carbonyl (C=O) groups is 1. The molecule has 4 nitrogen and oxygen atoms in total. The van der Waals surface area contributed by atoms with E-state index in [1.807, 2.05) is 26.0 Å². The smallest absolute Gasteiger partial charge is 0.291 e. The molecule has 2 rings (SSSR count). The lowest BCUT2D eigenvalue weighted by Gasteiger charge is -2.14. The molecule has 0 spiro atoms. The van der Waals surface area contributed by atoms with Gasteiger partial charge in [-0.25, -0.2) is 0 Å². The van der Waals surface area contributed by atoms with Crippen molar-refractivity contribution in [3.8, 4) is 5.75 Å². The fourth-order valence-corrected chi connectivity index (χ4v) is 1.69. The van der Waals surface area contributed by atoms with Gasteiger partial charge in [-0.2, -0.15) is 0 Å². The molecule has 1 N–H and O–H groups in total. The van der Waals surface area contributed by atoms with Gasteiger partial charge in [0.1, 0.15) is 5.75 Å². The van der Waals surface area contributed by atoms with Crippen molar-refractivity contribution >= 4 is 23.2 Å². The van der Waals surface area contributed by atoms with E-state index in [4.69, 9.17) is 20.8 Å². The summed E-state index contributed by atoms with van der Waals surface area (Å²) < 4.78 is 10.7. The van der Waals surface area contributed by atoms with Crippen LogP contribution in [-0.2, 0) is 0 Å². The van der Waals surface area contributed by atoms with Crippen LogP contribution in [0.25, 0.3) is 0 Å². The minimum Gasteiger partial charge on any atom is -0.489 e. The Hall–Kier alpha value is -1.94. The maximum Gasteiger partial charge on any atom is 0.291 e. The summed E-state index contributed by atoms with van der Waals surface area (Å²) in [5.41, 5.74) is 0.591. The molecular weight excluding hydrogens is 266 g/mol. The average molecular weight is 280 g/mol. The number of furan rings is 1. The summed E-state index contributed by atoms with van der Waals surface area (Å²) in [5, 5.41) is 2.91. The van der Waals surface area contributed by atoms with Gasteiger partial charge in [0.05, 0.1) is 11.8 Å². The monoisotopic (exact) mass is 279 g/mol. The highest BCUT2D eigenvalue weighted by molar-refractivity contribution is 6.29. The Morgan fingerprint density at radius 2 is 2.00 bits per heavy atom. The predicted molar refractivity (Wildman–Crippen MR) is 73.9 cm³/mol. The average Bonchev–Trinajstić information content (AvgIpc) is 2.78. The number of nitrogens with one attached hydrogen (secondary N) is 1. The molecule has 1 aromatic heterocycles. The van der Waals surface area contributed by atoms with E-state index in [9.17, 15) is 4.79 Å². The molecule has 2 aromatic rings. The zero-order valence-electron chi connectivity index (χ0n) is 10.6. The van der Waals surface area contributed by atoms with Crippen LogP contribution in [0.5, 0.6) is 5.75 Å². The zero-order valence-corrected chi connectivity index (χ0v) is 11.4. The van der Waals surface area contributed by atoms with Crippen LogP contribution in [0.3, 0.4) is 0 Å². The highest BCUT2D eigenvalue weighted by atomic mass is 35.5. The van der Waals surface area contributed by atoms with Gasteiger partial charge in [0, 0.05) is 0 Å². The lowest BCUT2D eigenvalue weighted by Crippen LogP contribution is -2.13. The molecule has 0 saturated heterocycles. The van der Waals surface area contributed by atoms with Crippen LogP contribution < -0.4 is 10.1 Å². The molecule has 0 saturated carbocycles. The summed E-state index contributed by atoms with van der Waals surface area (Å²) in [6.45, 7) is 3.84. The number of anilines is 1. The normalized spacial score (nSPS) is 10.5. The molecule has 0 radical (unpaired) electrons. The van der Waals surface area contributed by atoms with Crippen molar-refractivity contribution in [2.45, 2.75) is 20.0 Å². The number of benzene rings is 1. The second-order valence-electron chi connectivity index (χ2n) is 4.22. The summed E-state index contributed by atoms with van der Waals surface area (Å²) in [6, 6.07) is 10.3. The molecule has 1 amide bonds. The molecule has 0 unspecified atom stereocenters. The maximum atomic E-state index is 11.9. The molecule has 0 atom stereocenters. The molecule has 1 aromatic carbocycles. The van der Waals surface area contributed by atoms with Gasteiger partial charge < -0.3 is 14.5 Å². The number of amides is 1. The van der Waals surface area contributed by atoms with E-state index >= 15 is 0 Å². The van der Waals surface area contributed by atoms with Crippen LogP contribution in [0.15, 0.2) is 40.8 Å². The highest BCUT2D eigenvalue weighted by Crippen LogP contribution is 2.25. The summed E-state index contributed by atoms with van der Waals surface area (Å²) in [7, 11) is 0. The largest absolute Gasteiger partial charge is 0.489 e. The lowest BCUT2D eigenvalue weighted by atomic mass is 10.2. The topological polar surface area (TPSA) is 51.5 Å². The lowest BCUT2D eigenvalue weighted by molar-refractivity contribution is 0.0996. The van der Waals surface area contributed by atoms with Gasteiger partial charge in [-0.3, -0.25) is 4.79 Å². The number of para-hydroxylation sites is 2. The first-order chi connectivity index (χ1) is 9.06. The van der Waals surface area contributed by atoms with Crippen LogP contribution in [0.2, 0.25) is 5.22 Å². The highest BCUT2D eigenvalue weighted by Gasteiger charge is 2.13. The zero-order chi connectivity index (χ0) is 13.8. The van der Waals surface area contributed by atoms with Crippen molar-refractivity contribution < 1.29 is 13.9 Å². The maximum absolute atomic E-state index is 11.9. The number of rotatable bonds is 4. The molecule has 1 heterocycles. The first-order valence-corrected chi connectivity index (χ1v) is 6.26. The fraction of sp³-hybridized carbons (Fsp3) is 0.214. The summed E-state index contributed by atoms with van der Waals surface area (Å²) in [5.74, 6) is 0.402. The van der Waals surface area contributed by atoms with E-state index in [1.54, 1.807) is 12.1 Å². The third-order valence-corrected chi connectivity index (χ3v) is 2.50. The van der Waals surface area contributed by atoms with Gasteiger partial charge in [0.15, 0.2) is 11.0 Å². The SMILES string of the molecule is CC(C)Oc1ccccc1NC(=O)c1ccc(Cl)o1. The van der Waals surface area contributed by atoms with E-state index in [1.165, 1.54) is 12.1 Å². The molecule has 0 aliphatic carbocycles. The Balaban J connectivity index is 2.16. The fourth-order valence-electron chi connectivity index (χ4n) is 1.55. The predicted octanol–water partition coefficient (Wildman–Crippen LogP) is 3.97. The van der Waals surface area contributed by atoms with Crippen LogP contribution >= 0.6 is 11.6 Å². The van der Waals surface area contributed by atoms with Gasteiger partial charge in [0.2, 0.25) is 0 Å². The van der Waals surface area contributed by atoms with Crippen LogP contribution in [0.4, 0.5) is 5.69 Å². The number of hydrogen-bond acceptors (Lipinski definition) is 3. The van der Waals surface area contributed by atoms with Gasteiger partial charge in [-0.05, 0) is 49.7 Å². The summed E-state index contributed by atoms with van der Waals surface area (Å²) in [6.07, 6.45) is 0.0242. The number of hydrogen-bond donors (Lipinski definition) is 1. The number of ether oxygens (including phenoxy) is 1. The molecule has 0 bridgehead atoms. The van der Waals surface area contributed by atoms with E-state index in [0.29, 0.717) is 11.4 Å². The molecule has 100 valence electrons. The van der Waals surface area contributed by atoms with Crippen LogP contribution in [0, 0.1) is 0 Å². The van der Waals surface area contributed by atoms with E-state index in [0.717, 1.165) is 0 Å². The van der Waals surface area contributed by atoms with Crippen molar-refractivity contribution in [3.05, 3.63) is 47.4 Å². The summed E-state index contributed by atoms with van der Waals surface area (Å²) >= 11 is 5.64. The van der Waals surface area contributed by atoms with Crippen molar-refractivity contribution in [1.29, 1.82) is 0 Å². The Bertz CT molecular complexity index is 578. The van der Waals surface area contributed by atoms with Crippen molar-refractivity contribution in [2.24, 2.45) is 0 Å². The van der Waals surface area contributed by atoms with Gasteiger partial charge >= 0.3 is 0 Å². The standard InChI is InChI=1S/C14H14ClNO3/c1-9(2)18-11-6-4-3-5-10(11)16-14(17)12-7-8-13(15)19-12/h3-9H,1-2H3,(H,16,17). The third-order valence-electron chi connectivity index (χ3n) is 2.29.